The Kier molecular flexibility index (Phi) is 14.4. The molecule has 28 heavy (non-hydrogen) atoms. The molecule has 0 amide bonds. The maximum atomic E-state index is 12.1. The number of carbonyl (C=O) groups is 1. The van der Waals surface area contributed by atoms with Gasteiger partial charge in [0.2, 0.25) is 0 Å². The topological polar surface area (TPSA) is 35.5 Å². The van der Waals surface area contributed by atoms with Gasteiger partial charge in [-0.25, -0.2) is 4.79 Å². The van der Waals surface area contributed by atoms with Crippen molar-refractivity contribution in [3.8, 4) is 5.75 Å². The molecule has 0 aliphatic rings. The van der Waals surface area contributed by atoms with E-state index in [1.165, 1.54) is 68.9 Å². The van der Waals surface area contributed by atoms with Crippen LogP contribution < -0.4 is 4.74 Å². The van der Waals surface area contributed by atoms with E-state index in [0.717, 1.165) is 32.1 Å². The summed E-state index contributed by atoms with van der Waals surface area (Å²) in [7, 11) is 0. The third-order valence-corrected chi connectivity index (χ3v) is 5.22. The van der Waals surface area contributed by atoms with E-state index in [9.17, 15) is 4.79 Å². The highest BCUT2D eigenvalue weighted by atomic mass is 16.7. The lowest BCUT2D eigenvalue weighted by Crippen LogP contribution is -2.13. The highest BCUT2D eigenvalue weighted by molar-refractivity contribution is 5.65. The number of ether oxygens (including phenoxy) is 2. The Bertz CT molecular complexity index is 525. The number of rotatable bonds is 16. The molecule has 0 aliphatic heterocycles. The van der Waals surface area contributed by atoms with Crippen molar-refractivity contribution in [1.29, 1.82) is 0 Å². The molecule has 3 nitrogen and oxygen atoms in total. The maximum absolute atomic E-state index is 12.1. The maximum Gasteiger partial charge on any atom is 0.513 e. The van der Waals surface area contributed by atoms with Crippen LogP contribution in [-0.4, -0.2) is 12.8 Å². The molecule has 1 aromatic rings. The zero-order valence-electron chi connectivity index (χ0n) is 18.6. The smallest absolute Gasteiger partial charge is 0.434 e. The zero-order chi connectivity index (χ0) is 20.5. The third kappa shape index (κ3) is 10.7. The van der Waals surface area contributed by atoms with Crippen LogP contribution in [0.5, 0.6) is 5.75 Å². The summed E-state index contributed by atoms with van der Waals surface area (Å²) in [4.78, 5) is 12.1. The molecule has 0 atom stereocenters. The van der Waals surface area contributed by atoms with Gasteiger partial charge < -0.3 is 9.47 Å². The number of hydrogen-bond acceptors (Lipinski definition) is 3. The number of carbonyl (C=O) groups excluding carboxylic acids is 1. The van der Waals surface area contributed by atoms with Crippen molar-refractivity contribution < 1.29 is 14.3 Å². The van der Waals surface area contributed by atoms with Gasteiger partial charge in [0, 0.05) is 0 Å². The van der Waals surface area contributed by atoms with Crippen LogP contribution in [0, 0.1) is 0 Å². The molecule has 0 fully saturated rings. The van der Waals surface area contributed by atoms with Crippen LogP contribution in [0.4, 0.5) is 4.79 Å². The third-order valence-electron chi connectivity index (χ3n) is 5.22. The fourth-order valence-electron chi connectivity index (χ4n) is 3.47. The van der Waals surface area contributed by atoms with E-state index in [2.05, 4.69) is 26.8 Å². The van der Waals surface area contributed by atoms with Gasteiger partial charge in [-0.05, 0) is 49.3 Å². The Morgan fingerprint density at radius 2 is 1.36 bits per heavy atom. The first-order valence-electron chi connectivity index (χ1n) is 11.7. The summed E-state index contributed by atoms with van der Waals surface area (Å²) in [5.41, 5.74) is 2.55. The molecule has 160 valence electrons. The van der Waals surface area contributed by atoms with Crippen LogP contribution in [-0.2, 0) is 17.6 Å². The van der Waals surface area contributed by atoms with Crippen molar-refractivity contribution in [1.82, 2.24) is 0 Å². The molecule has 1 aromatic carbocycles. The van der Waals surface area contributed by atoms with Gasteiger partial charge in [0.05, 0.1) is 6.61 Å². The van der Waals surface area contributed by atoms with Gasteiger partial charge in [0.1, 0.15) is 5.75 Å². The van der Waals surface area contributed by atoms with Gasteiger partial charge >= 0.3 is 6.16 Å². The lowest BCUT2D eigenvalue weighted by molar-refractivity contribution is 0.0974. The summed E-state index contributed by atoms with van der Waals surface area (Å²) in [6, 6.07) is 6.14. The second-order valence-corrected chi connectivity index (χ2v) is 7.78. The van der Waals surface area contributed by atoms with E-state index in [-0.39, 0.29) is 0 Å². The average Bonchev–Trinajstić information content (AvgIpc) is 2.69. The Labute approximate surface area is 173 Å². The van der Waals surface area contributed by atoms with Crippen molar-refractivity contribution in [2.24, 2.45) is 0 Å². The number of benzene rings is 1. The number of unbranched alkanes of at least 4 members (excludes halogenated alkanes) is 9. The summed E-state index contributed by atoms with van der Waals surface area (Å²) in [5, 5.41) is 0. The molecule has 0 N–H and O–H groups in total. The highest BCUT2D eigenvalue weighted by Crippen LogP contribution is 2.27. The van der Waals surface area contributed by atoms with E-state index in [1.807, 2.05) is 12.1 Å². The van der Waals surface area contributed by atoms with Gasteiger partial charge in [0.15, 0.2) is 0 Å². The van der Waals surface area contributed by atoms with Crippen molar-refractivity contribution in [3.63, 3.8) is 0 Å². The molecule has 1 rings (SSSR count). The minimum Gasteiger partial charge on any atom is -0.434 e. The summed E-state index contributed by atoms with van der Waals surface area (Å²) in [6.45, 7) is 7.00. The normalized spacial score (nSPS) is 10.8. The van der Waals surface area contributed by atoms with Gasteiger partial charge in [-0.15, -0.1) is 0 Å². The summed E-state index contributed by atoms with van der Waals surface area (Å²) < 4.78 is 10.8. The van der Waals surface area contributed by atoms with E-state index in [4.69, 9.17) is 9.47 Å². The quantitative estimate of drug-likeness (QED) is 0.163. The Morgan fingerprint density at radius 1 is 0.750 bits per heavy atom. The average molecular weight is 391 g/mol. The summed E-state index contributed by atoms with van der Waals surface area (Å²) in [6.07, 6.45) is 15.9. The fourth-order valence-corrected chi connectivity index (χ4v) is 3.47. The van der Waals surface area contributed by atoms with Crippen molar-refractivity contribution >= 4 is 6.16 Å². The summed E-state index contributed by atoms with van der Waals surface area (Å²) >= 11 is 0. The van der Waals surface area contributed by atoms with Gasteiger partial charge in [-0.1, -0.05) is 90.7 Å². The lowest BCUT2D eigenvalue weighted by Gasteiger charge is -2.15. The second kappa shape index (κ2) is 16.4. The zero-order valence-corrected chi connectivity index (χ0v) is 18.6. The van der Waals surface area contributed by atoms with Crippen LogP contribution in [0.15, 0.2) is 18.2 Å². The SMILES string of the molecule is CCCCCCCc1cccc(OC(=O)OCCCC)c1CCCCCCC. The monoisotopic (exact) mass is 390 g/mol. The molecular formula is C25H42O3. The van der Waals surface area contributed by atoms with Crippen LogP contribution in [0.2, 0.25) is 0 Å². The molecule has 0 bridgehead atoms. The van der Waals surface area contributed by atoms with Crippen molar-refractivity contribution in [3.05, 3.63) is 29.3 Å². The molecular weight excluding hydrogens is 348 g/mol. The number of hydrogen-bond donors (Lipinski definition) is 0. The van der Waals surface area contributed by atoms with Gasteiger partial charge in [-0.2, -0.15) is 0 Å². The molecule has 0 aliphatic carbocycles. The van der Waals surface area contributed by atoms with Crippen LogP contribution in [0.25, 0.3) is 0 Å². The molecule has 0 radical (unpaired) electrons. The lowest BCUT2D eigenvalue weighted by atomic mass is 9.95. The molecule has 0 saturated carbocycles. The minimum atomic E-state index is -0.569. The second-order valence-electron chi connectivity index (χ2n) is 7.78. The standard InChI is InChI=1S/C25H42O3/c1-4-7-10-12-14-17-22-18-16-20-24(28-25(26)27-21-9-6-3)23(22)19-15-13-11-8-5-2/h16,18,20H,4-15,17,19,21H2,1-3H3. The predicted molar refractivity (Wildman–Crippen MR) is 118 cm³/mol. The van der Waals surface area contributed by atoms with Crippen LogP contribution >= 0.6 is 0 Å². The van der Waals surface area contributed by atoms with Crippen molar-refractivity contribution in [2.75, 3.05) is 6.61 Å². The van der Waals surface area contributed by atoms with Gasteiger partial charge in [-0.3, -0.25) is 0 Å². The first-order valence-corrected chi connectivity index (χ1v) is 11.7. The highest BCUT2D eigenvalue weighted by Gasteiger charge is 2.14. The van der Waals surface area contributed by atoms with Crippen LogP contribution in [0.3, 0.4) is 0 Å². The predicted octanol–water partition coefficient (Wildman–Crippen LogP) is 8.03. The molecule has 0 unspecified atom stereocenters. The van der Waals surface area contributed by atoms with Crippen LogP contribution in [0.1, 0.15) is 109 Å². The van der Waals surface area contributed by atoms with E-state index < -0.39 is 6.16 Å². The Balaban J connectivity index is 2.71. The Hall–Kier alpha value is -1.51. The van der Waals surface area contributed by atoms with E-state index >= 15 is 0 Å². The molecule has 0 aromatic heterocycles. The largest absolute Gasteiger partial charge is 0.513 e. The van der Waals surface area contributed by atoms with E-state index in [0.29, 0.717) is 12.4 Å². The molecule has 0 heterocycles. The summed E-state index contributed by atoms with van der Waals surface area (Å²) in [5.74, 6) is 0.697. The number of aryl methyl sites for hydroxylation is 1. The molecule has 0 spiro atoms. The van der Waals surface area contributed by atoms with Gasteiger partial charge in [0.25, 0.3) is 0 Å². The van der Waals surface area contributed by atoms with Crippen molar-refractivity contribution in [2.45, 2.75) is 111 Å². The first-order chi connectivity index (χ1) is 13.7. The minimum absolute atomic E-state index is 0.429. The molecule has 3 heteroatoms. The Morgan fingerprint density at radius 3 is 2.00 bits per heavy atom. The van der Waals surface area contributed by atoms with E-state index in [1.54, 1.807) is 0 Å². The fraction of sp³-hybridized carbons (Fsp3) is 0.720. The molecule has 0 saturated heterocycles. The first kappa shape index (κ1) is 24.5.